The second kappa shape index (κ2) is 6.06. The molecule has 1 aromatic heterocycles. The fourth-order valence-corrected chi connectivity index (χ4v) is 2.90. The second-order valence-corrected chi connectivity index (χ2v) is 6.35. The lowest BCUT2D eigenvalue weighted by molar-refractivity contribution is 0.0566. The highest BCUT2D eigenvalue weighted by atomic mass is 15.3. The zero-order valence-electron chi connectivity index (χ0n) is 12.8. The Balaban J connectivity index is 1.99. The molecule has 1 fully saturated rings. The normalized spacial score (nSPS) is 29.0. The summed E-state index contributed by atoms with van der Waals surface area (Å²) in [5.74, 6) is 0.687. The van der Waals surface area contributed by atoms with Crippen LogP contribution in [0.3, 0.4) is 0 Å². The molecule has 0 aromatic carbocycles. The van der Waals surface area contributed by atoms with Crippen molar-refractivity contribution < 1.29 is 0 Å². The topological polar surface area (TPSA) is 33.1 Å². The SMILES string of the molecule is CCC1(C)CN(CCn2cccn2)C(C(C)C)CN1. The standard InChI is InChI=1S/C15H28N4/c1-5-15(4)12-18(14(11-16-15)13(2)3)9-10-19-8-6-7-17-19/h6-8,13-14,16H,5,9-12H2,1-4H3. The highest BCUT2D eigenvalue weighted by Gasteiger charge is 2.35. The van der Waals surface area contributed by atoms with Gasteiger partial charge in [-0.2, -0.15) is 5.10 Å². The van der Waals surface area contributed by atoms with Crippen LogP contribution in [0, 0.1) is 5.92 Å². The molecule has 1 aromatic rings. The van der Waals surface area contributed by atoms with Crippen molar-refractivity contribution in [2.75, 3.05) is 19.6 Å². The number of nitrogens with one attached hydrogen (secondary N) is 1. The van der Waals surface area contributed by atoms with Gasteiger partial charge in [0.25, 0.3) is 0 Å². The Morgan fingerprint density at radius 1 is 1.42 bits per heavy atom. The van der Waals surface area contributed by atoms with Gasteiger partial charge in [0.15, 0.2) is 0 Å². The van der Waals surface area contributed by atoms with Crippen molar-refractivity contribution in [3.63, 3.8) is 0 Å². The maximum absolute atomic E-state index is 4.30. The molecule has 108 valence electrons. The molecular weight excluding hydrogens is 236 g/mol. The molecule has 0 saturated carbocycles. The lowest BCUT2D eigenvalue weighted by Gasteiger charge is -2.47. The first-order chi connectivity index (χ1) is 9.04. The van der Waals surface area contributed by atoms with Crippen LogP contribution in [0.2, 0.25) is 0 Å². The van der Waals surface area contributed by atoms with Gasteiger partial charge in [0.1, 0.15) is 0 Å². The maximum Gasteiger partial charge on any atom is 0.0536 e. The number of nitrogens with zero attached hydrogens (tertiary/aromatic N) is 3. The molecule has 2 rings (SSSR count). The van der Waals surface area contributed by atoms with E-state index in [2.05, 4.69) is 43.0 Å². The molecule has 0 radical (unpaired) electrons. The predicted molar refractivity (Wildman–Crippen MR) is 79.1 cm³/mol. The van der Waals surface area contributed by atoms with Gasteiger partial charge < -0.3 is 5.32 Å². The van der Waals surface area contributed by atoms with E-state index in [1.165, 1.54) is 6.42 Å². The van der Waals surface area contributed by atoms with Crippen LogP contribution in [0.5, 0.6) is 0 Å². The molecule has 1 N–H and O–H groups in total. The van der Waals surface area contributed by atoms with Gasteiger partial charge in [-0.25, -0.2) is 0 Å². The van der Waals surface area contributed by atoms with Crippen LogP contribution in [-0.4, -0.2) is 45.9 Å². The summed E-state index contributed by atoms with van der Waals surface area (Å²) in [6, 6.07) is 2.63. The van der Waals surface area contributed by atoms with E-state index in [0.717, 1.165) is 26.2 Å². The van der Waals surface area contributed by atoms with Gasteiger partial charge in [-0.1, -0.05) is 20.8 Å². The molecule has 0 bridgehead atoms. The molecule has 19 heavy (non-hydrogen) atoms. The summed E-state index contributed by atoms with van der Waals surface area (Å²) in [5.41, 5.74) is 0.259. The minimum atomic E-state index is 0.259. The first-order valence-corrected chi connectivity index (χ1v) is 7.50. The molecule has 4 heteroatoms. The van der Waals surface area contributed by atoms with E-state index in [1.54, 1.807) is 0 Å². The molecule has 0 aliphatic carbocycles. The highest BCUT2D eigenvalue weighted by molar-refractivity contribution is 4.95. The Bertz CT molecular complexity index is 374. The highest BCUT2D eigenvalue weighted by Crippen LogP contribution is 2.22. The van der Waals surface area contributed by atoms with E-state index in [9.17, 15) is 0 Å². The van der Waals surface area contributed by atoms with E-state index in [4.69, 9.17) is 0 Å². The average molecular weight is 264 g/mol. The van der Waals surface area contributed by atoms with Gasteiger partial charge >= 0.3 is 0 Å². The van der Waals surface area contributed by atoms with Gasteiger partial charge in [-0.15, -0.1) is 0 Å². The van der Waals surface area contributed by atoms with Crippen molar-refractivity contribution in [1.29, 1.82) is 0 Å². The number of aromatic nitrogens is 2. The second-order valence-electron chi connectivity index (χ2n) is 6.35. The van der Waals surface area contributed by atoms with Crippen LogP contribution < -0.4 is 5.32 Å². The fourth-order valence-electron chi connectivity index (χ4n) is 2.90. The summed E-state index contributed by atoms with van der Waals surface area (Å²) in [4.78, 5) is 2.65. The lowest BCUT2D eigenvalue weighted by atomic mass is 9.90. The minimum Gasteiger partial charge on any atom is -0.309 e. The monoisotopic (exact) mass is 264 g/mol. The summed E-state index contributed by atoms with van der Waals surface area (Å²) < 4.78 is 2.03. The molecule has 1 aliphatic heterocycles. The summed E-state index contributed by atoms with van der Waals surface area (Å²) in [5, 5.41) is 8.04. The quantitative estimate of drug-likeness (QED) is 0.883. The van der Waals surface area contributed by atoms with Crippen LogP contribution in [0.25, 0.3) is 0 Å². The van der Waals surface area contributed by atoms with Crippen LogP contribution in [0.4, 0.5) is 0 Å². The van der Waals surface area contributed by atoms with Crippen molar-refractivity contribution in [2.24, 2.45) is 5.92 Å². The van der Waals surface area contributed by atoms with E-state index in [0.29, 0.717) is 12.0 Å². The summed E-state index contributed by atoms with van der Waals surface area (Å²) in [6.45, 7) is 13.6. The van der Waals surface area contributed by atoms with Gasteiger partial charge in [-0.05, 0) is 25.3 Å². The van der Waals surface area contributed by atoms with Crippen LogP contribution in [0.15, 0.2) is 18.5 Å². The smallest absolute Gasteiger partial charge is 0.0536 e. The van der Waals surface area contributed by atoms with Crippen molar-refractivity contribution in [3.05, 3.63) is 18.5 Å². The van der Waals surface area contributed by atoms with Crippen molar-refractivity contribution in [2.45, 2.75) is 52.2 Å². The number of rotatable bonds is 5. The summed E-state index contributed by atoms with van der Waals surface area (Å²) in [7, 11) is 0. The minimum absolute atomic E-state index is 0.259. The summed E-state index contributed by atoms with van der Waals surface area (Å²) in [6.07, 6.45) is 5.08. The molecule has 1 aliphatic rings. The molecule has 2 atom stereocenters. The van der Waals surface area contributed by atoms with E-state index in [-0.39, 0.29) is 5.54 Å². The number of piperazine rings is 1. The van der Waals surface area contributed by atoms with Crippen molar-refractivity contribution in [1.82, 2.24) is 20.0 Å². The molecule has 1 saturated heterocycles. The number of hydrogen-bond acceptors (Lipinski definition) is 3. The molecule has 0 spiro atoms. The third-order valence-corrected chi connectivity index (χ3v) is 4.48. The lowest BCUT2D eigenvalue weighted by Crippen LogP contribution is -2.64. The maximum atomic E-state index is 4.30. The molecular formula is C15H28N4. The Labute approximate surface area is 117 Å². The van der Waals surface area contributed by atoms with Gasteiger partial charge in [0, 0.05) is 43.6 Å². The van der Waals surface area contributed by atoms with E-state index in [1.807, 2.05) is 23.1 Å². The van der Waals surface area contributed by atoms with Gasteiger partial charge in [-0.3, -0.25) is 9.58 Å². The van der Waals surface area contributed by atoms with E-state index >= 15 is 0 Å². The zero-order chi connectivity index (χ0) is 13.9. The van der Waals surface area contributed by atoms with Gasteiger partial charge in [0.05, 0.1) is 6.54 Å². The number of hydrogen-bond donors (Lipinski definition) is 1. The third kappa shape index (κ3) is 3.57. The first kappa shape index (κ1) is 14.5. The largest absolute Gasteiger partial charge is 0.309 e. The fraction of sp³-hybridized carbons (Fsp3) is 0.800. The van der Waals surface area contributed by atoms with Crippen LogP contribution in [-0.2, 0) is 6.54 Å². The Morgan fingerprint density at radius 2 is 2.21 bits per heavy atom. The predicted octanol–water partition coefficient (Wildman–Crippen LogP) is 1.98. The Hall–Kier alpha value is -0.870. The average Bonchev–Trinajstić information content (AvgIpc) is 2.89. The Morgan fingerprint density at radius 3 is 2.79 bits per heavy atom. The molecule has 0 amide bonds. The first-order valence-electron chi connectivity index (χ1n) is 7.50. The van der Waals surface area contributed by atoms with Crippen LogP contribution >= 0.6 is 0 Å². The molecule has 4 nitrogen and oxygen atoms in total. The zero-order valence-corrected chi connectivity index (χ0v) is 12.8. The van der Waals surface area contributed by atoms with Crippen LogP contribution in [0.1, 0.15) is 34.1 Å². The molecule has 2 heterocycles. The Kier molecular flexibility index (Phi) is 4.63. The summed E-state index contributed by atoms with van der Waals surface area (Å²) >= 11 is 0. The van der Waals surface area contributed by atoms with Gasteiger partial charge in [0.2, 0.25) is 0 Å². The van der Waals surface area contributed by atoms with Crippen molar-refractivity contribution >= 4 is 0 Å². The molecule has 2 unspecified atom stereocenters. The third-order valence-electron chi connectivity index (χ3n) is 4.48. The van der Waals surface area contributed by atoms with E-state index < -0.39 is 0 Å². The van der Waals surface area contributed by atoms with Crippen molar-refractivity contribution in [3.8, 4) is 0 Å².